The first-order chi connectivity index (χ1) is 19.7. The number of ketones is 1. The number of nitrogens with zero attached hydrogens (tertiary/aromatic N) is 6. The van der Waals surface area contributed by atoms with Gasteiger partial charge in [-0.15, -0.1) is 0 Å². The molecule has 1 saturated carbocycles. The number of rotatable bonds is 9. The largest absolute Gasteiger partial charge is 0.480 e. The van der Waals surface area contributed by atoms with E-state index in [0.29, 0.717) is 49.6 Å². The zero-order chi connectivity index (χ0) is 29.1. The molecule has 1 aliphatic heterocycles. The van der Waals surface area contributed by atoms with Gasteiger partial charge in [0, 0.05) is 49.5 Å². The molecule has 0 radical (unpaired) electrons. The van der Waals surface area contributed by atoms with E-state index in [-0.39, 0.29) is 35.5 Å². The second kappa shape index (κ2) is 12.1. The van der Waals surface area contributed by atoms with E-state index >= 15 is 0 Å². The number of Topliss-reactive ketones (excluding diaryl/α,β-unsaturated/α-hetero) is 1. The standard InChI is InChI=1S/C29H34N6O6/c1-18-23-15-31-24(32-28(23)35(21-5-3-4-6-21)29(40)27(18)19(2)36)13-20-7-8-22(14-30-20)33-9-11-34(12-10-33)25(37)16-41-17-26(38)39/h7-8,14-15,21H,3-6,9-13,16-17H2,1-2H3,(H,38,39). The maximum Gasteiger partial charge on any atom is 0.329 e. The number of pyridine rings is 2. The predicted molar refractivity (Wildman–Crippen MR) is 150 cm³/mol. The van der Waals surface area contributed by atoms with E-state index in [9.17, 15) is 19.2 Å². The molecule has 1 amide bonds. The van der Waals surface area contributed by atoms with E-state index < -0.39 is 12.6 Å². The number of piperazine rings is 1. The van der Waals surface area contributed by atoms with Crippen molar-refractivity contribution >= 4 is 34.4 Å². The SMILES string of the molecule is CC(=O)c1c(C)c2cnc(Cc3ccc(N4CCN(C(=O)COCC(=O)O)CC4)cn3)nc2n(C2CCCC2)c1=O. The summed E-state index contributed by atoms with van der Waals surface area (Å²) < 4.78 is 6.63. The molecule has 0 atom stereocenters. The average molecular weight is 563 g/mol. The van der Waals surface area contributed by atoms with Gasteiger partial charge in [-0.3, -0.25) is 23.9 Å². The fourth-order valence-electron chi connectivity index (χ4n) is 5.77. The van der Waals surface area contributed by atoms with Gasteiger partial charge >= 0.3 is 5.97 Å². The first-order valence-corrected chi connectivity index (χ1v) is 13.9. The number of anilines is 1. The monoisotopic (exact) mass is 562 g/mol. The smallest absolute Gasteiger partial charge is 0.329 e. The molecule has 41 heavy (non-hydrogen) atoms. The van der Waals surface area contributed by atoms with Crippen LogP contribution in [0.2, 0.25) is 0 Å². The summed E-state index contributed by atoms with van der Waals surface area (Å²) in [5.41, 5.74) is 2.86. The normalized spacial score (nSPS) is 16.0. The van der Waals surface area contributed by atoms with E-state index in [1.54, 1.807) is 28.8 Å². The van der Waals surface area contributed by atoms with Gasteiger partial charge in [0.2, 0.25) is 5.91 Å². The number of carboxylic acid groups (broad SMARTS) is 1. The molecule has 3 aromatic rings. The number of hydrogen-bond donors (Lipinski definition) is 1. The van der Waals surface area contributed by atoms with Crippen molar-refractivity contribution in [3.63, 3.8) is 0 Å². The minimum absolute atomic E-state index is 0.0249. The molecule has 12 heteroatoms. The Bertz CT molecular complexity index is 1520. The van der Waals surface area contributed by atoms with Crippen molar-refractivity contribution in [2.75, 3.05) is 44.3 Å². The molecule has 2 aliphatic rings. The molecule has 0 aromatic carbocycles. The van der Waals surface area contributed by atoms with Crippen LogP contribution in [0.25, 0.3) is 11.0 Å². The summed E-state index contributed by atoms with van der Waals surface area (Å²) in [4.78, 5) is 66.4. The molecule has 0 unspecified atom stereocenters. The van der Waals surface area contributed by atoms with Crippen molar-refractivity contribution in [1.29, 1.82) is 0 Å². The molecule has 12 nitrogen and oxygen atoms in total. The Balaban J connectivity index is 1.29. The quantitative estimate of drug-likeness (QED) is 0.385. The molecular formula is C29H34N6O6. The van der Waals surface area contributed by atoms with Gasteiger partial charge in [-0.2, -0.15) is 0 Å². The molecule has 4 heterocycles. The second-order valence-corrected chi connectivity index (χ2v) is 10.6. The highest BCUT2D eigenvalue weighted by atomic mass is 16.5. The number of fused-ring (bicyclic) bond motifs is 1. The number of carbonyl (C=O) groups excluding carboxylic acids is 2. The van der Waals surface area contributed by atoms with Gasteiger partial charge in [0.1, 0.15) is 24.7 Å². The fraction of sp³-hybridized carbons (Fsp3) is 0.483. The summed E-state index contributed by atoms with van der Waals surface area (Å²) >= 11 is 0. The van der Waals surface area contributed by atoms with Crippen LogP contribution in [-0.4, -0.2) is 86.6 Å². The minimum Gasteiger partial charge on any atom is -0.480 e. The lowest BCUT2D eigenvalue weighted by molar-refractivity contribution is -0.145. The van der Waals surface area contributed by atoms with Crippen molar-refractivity contribution < 1.29 is 24.2 Å². The summed E-state index contributed by atoms with van der Waals surface area (Å²) in [5.74, 6) is -1.02. The molecule has 2 fully saturated rings. The van der Waals surface area contributed by atoms with Crippen LogP contribution in [-0.2, 0) is 20.7 Å². The predicted octanol–water partition coefficient (Wildman–Crippen LogP) is 2.15. The third kappa shape index (κ3) is 6.12. The Morgan fingerprint density at radius 2 is 1.76 bits per heavy atom. The van der Waals surface area contributed by atoms with Crippen LogP contribution in [0.4, 0.5) is 5.69 Å². The lowest BCUT2D eigenvalue weighted by Crippen LogP contribution is -2.49. The van der Waals surface area contributed by atoms with Crippen LogP contribution in [0.15, 0.2) is 29.3 Å². The Morgan fingerprint density at radius 3 is 2.39 bits per heavy atom. The van der Waals surface area contributed by atoms with Crippen LogP contribution < -0.4 is 10.5 Å². The molecule has 216 valence electrons. The van der Waals surface area contributed by atoms with Crippen LogP contribution in [0.3, 0.4) is 0 Å². The Labute approximate surface area is 237 Å². The van der Waals surface area contributed by atoms with Crippen molar-refractivity contribution in [3.05, 3.63) is 57.5 Å². The topological polar surface area (TPSA) is 148 Å². The zero-order valence-electron chi connectivity index (χ0n) is 23.3. The Kier molecular flexibility index (Phi) is 8.39. The van der Waals surface area contributed by atoms with Crippen LogP contribution in [0, 0.1) is 6.92 Å². The number of amides is 1. The van der Waals surface area contributed by atoms with Gasteiger partial charge in [-0.1, -0.05) is 12.8 Å². The summed E-state index contributed by atoms with van der Waals surface area (Å²) in [6, 6.07) is 3.93. The fourth-order valence-corrected chi connectivity index (χ4v) is 5.77. The van der Waals surface area contributed by atoms with Crippen LogP contribution >= 0.6 is 0 Å². The molecular weight excluding hydrogens is 528 g/mol. The number of aryl methyl sites for hydroxylation is 1. The van der Waals surface area contributed by atoms with Gasteiger partial charge in [0.25, 0.3) is 5.56 Å². The third-order valence-corrected chi connectivity index (χ3v) is 7.90. The van der Waals surface area contributed by atoms with E-state index in [1.807, 2.05) is 12.1 Å². The van der Waals surface area contributed by atoms with Crippen LogP contribution in [0.1, 0.15) is 66.1 Å². The molecule has 3 aromatic heterocycles. The first-order valence-electron chi connectivity index (χ1n) is 13.9. The number of carboxylic acids is 1. The minimum atomic E-state index is -1.10. The van der Waals surface area contributed by atoms with Crippen molar-refractivity contribution in [2.45, 2.75) is 52.0 Å². The number of carbonyl (C=O) groups is 3. The highest BCUT2D eigenvalue weighted by Crippen LogP contribution is 2.31. The third-order valence-electron chi connectivity index (χ3n) is 7.90. The highest BCUT2D eigenvalue weighted by molar-refractivity contribution is 5.99. The van der Waals surface area contributed by atoms with Gasteiger partial charge in [-0.25, -0.2) is 14.8 Å². The van der Waals surface area contributed by atoms with Gasteiger partial charge in [-0.05, 0) is 44.4 Å². The molecule has 1 N–H and O–H groups in total. The van der Waals surface area contributed by atoms with E-state index in [0.717, 1.165) is 42.5 Å². The summed E-state index contributed by atoms with van der Waals surface area (Å²) in [6.45, 7) is 4.75. The molecule has 5 rings (SSSR count). The van der Waals surface area contributed by atoms with Crippen molar-refractivity contribution in [1.82, 2.24) is 24.4 Å². The van der Waals surface area contributed by atoms with E-state index in [2.05, 4.69) is 14.9 Å². The number of aliphatic carboxylic acids is 1. The van der Waals surface area contributed by atoms with Crippen molar-refractivity contribution in [3.8, 4) is 0 Å². The first kappa shape index (κ1) is 28.3. The maximum atomic E-state index is 13.4. The van der Waals surface area contributed by atoms with Gasteiger partial charge in [0.15, 0.2) is 5.78 Å². The summed E-state index contributed by atoms with van der Waals surface area (Å²) in [5, 5.41) is 9.37. The van der Waals surface area contributed by atoms with E-state index in [1.165, 1.54) is 6.92 Å². The zero-order valence-corrected chi connectivity index (χ0v) is 23.3. The number of hydrogen-bond acceptors (Lipinski definition) is 9. The van der Waals surface area contributed by atoms with E-state index in [4.69, 9.17) is 14.8 Å². The average Bonchev–Trinajstić information content (AvgIpc) is 3.48. The van der Waals surface area contributed by atoms with Crippen molar-refractivity contribution in [2.24, 2.45) is 0 Å². The summed E-state index contributed by atoms with van der Waals surface area (Å²) in [7, 11) is 0. The lowest BCUT2D eigenvalue weighted by Gasteiger charge is -2.35. The van der Waals surface area contributed by atoms with Gasteiger partial charge in [0.05, 0.1) is 23.9 Å². The molecule has 0 spiro atoms. The highest BCUT2D eigenvalue weighted by Gasteiger charge is 2.26. The summed E-state index contributed by atoms with van der Waals surface area (Å²) in [6.07, 6.45) is 7.76. The molecule has 1 saturated heterocycles. The second-order valence-electron chi connectivity index (χ2n) is 10.6. The lowest BCUT2D eigenvalue weighted by atomic mass is 10.0. The molecule has 0 bridgehead atoms. The molecule has 1 aliphatic carbocycles. The Hall–Kier alpha value is -4.19. The number of ether oxygens (including phenoxy) is 1. The Morgan fingerprint density at radius 1 is 1.02 bits per heavy atom. The van der Waals surface area contributed by atoms with Crippen LogP contribution in [0.5, 0.6) is 0 Å². The van der Waals surface area contributed by atoms with Gasteiger partial charge < -0.3 is 19.6 Å². The number of aromatic nitrogens is 4. The maximum absolute atomic E-state index is 13.4.